The Bertz CT molecular complexity index is 178. The molecule has 0 atom stereocenters. The van der Waals surface area contributed by atoms with Gasteiger partial charge < -0.3 is 5.11 Å². The first kappa shape index (κ1) is 23.8. The molecule has 4 heteroatoms. The molecule has 0 aliphatic rings. The Morgan fingerprint density at radius 1 is 1.07 bits per heavy atom. The van der Waals surface area contributed by atoms with Crippen LogP contribution in [0.5, 0.6) is 0 Å². The molecule has 0 spiro atoms. The van der Waals surface area contributed by atoms with E-state index in [4.69, 9.17) is 5.11 Å². The molecule has 0 unspecified atom stereocenters. The molecule has 0 amide bonds. The minimum atomic E-state index is -0.167. The number of aliphatic hydroxyl groups excluding tert-OH is 1. The van der Waals surface area contributed by atoms with Crippen LogP contribution in [0.2, 0.25) is 0 Å². The summed E-state index contributed by atoms with van der Waals surface area (Å²) in [6.07, 6.45) is -0.167. The molecular weight excluding hydrogens is 258 g/mol. The van der Waals surface area contributed by atoms with Gasteiger partial charge in [-0.2, -0.15) is 24.6 Å². The van der Waals surface area contributed by atoms with Crippen molar-refractivity contribution in [1.82, 2.24) is 0 Å². The van der Waals surface area contributed by atoms with E-state index in [9.17, 15) is 0 Å². The third-order valence-corrected chi connectivity index (χ3v) is 0.843. The predicted molar refractivity (Wildman–Crippen MR) is 62.8 cm³/mol. The van der Waals surface area contributed by atoms with E-state index >= 15 is 0 Å². The van der Waals surface area contributed by atoms with Crippen molar-refractivity contribution in [3.8, 4) is 0 Å². The van der Waals surface area contributed by atoms with Gasteiger partial charge in [-0.15, -0.1) is 36.9 Å². The van der Waals surface area contributed by atoms with Crippen LogP contribution in [0.3, 0.4) is 0 Å². The average Bonchev–Trinajstić information content (AvgIpc) is 1.87. The second-order valence-electron chi connectivity index (χ2n) is 2.58. The van der Waals surface area contributed by atoms with Crippen molar-refractivity contribution in [2.45, 2.75) is 20.0 Å². The Morgan fingerprint density at radius 3 is 1.50 bits per heavy atom. The largest absolute Gasteiger partial charge is 0.394 e. The van der Waals surface area contributed by atoms with Gasteiger partial charge in [0.05, 0.1) is 0 Å². The minimum absolute atomic E-state index is 0. The van der Waals surface area contributed by atoms with Crippen LogP contribution in [0.15, 0.2) is 30.3 Å². The monoisotopic (exact) mass is 274 g/mol. The molecule has 0 saturated carbocycles. The van der Waals surface area contributed by atoms with Crippen molar-refractivity contribution >= 4 is 24.8 Å². The molecule has 83 valence electrons. The van der Waals surface area contributed by atoms with Crippen molar-refractivity contribution in [2.75, 3.05) is 0 Å². The van der Waals surface area contributed by atoms with Crippen molar-refractivity contribution in [3.05, 3.63) is 42.8 Å². The standard InChI is InChI=1S/C7H7.C3H8O.2ClH.V/c1-7-5-3-2-4-6-7;1-3(2)4;;;/h2-6H,1H2;3-4H,1-2H3;2*1H;/q-1;;;;. The molecule has 1 nitrogen and oxygen atoms in total. The zero-order valence-corrected chi connectivity index (χ0v) is 11.4. The molecule has 0 bridgehead atoms. The van der Waals surface area contributed by atoms with Gasteiger partial charge in [-0.25, -0.2) is 0 Å². The summed E-state index contributed by atoms with van der Waals surface area (Å²) in [4.78, 5) is 0. The third-order valence-electron chi connectivity index (χ3n) is 0.843. The molecule has 1 aromatic carbocycles. The first-order valence-electron chi connectivity index (χ1n) is 3.68. The Labute approximate surface area is 111 Å². The van der Waals surface area contributed by atoms with Crippen LogP contribution in [-0.2, 0) is 18.6 Å². The van der Waals surface area contributed by atoms with Gasteiger partial charge >= 0.3 is 0 Å². The maximum Gasteiger partial charge on any atom is 0.0483 e. The van der Waals surface area contributed by atoms with Gasteiger partial charge in [0.2, 0.25) is 0 Å². The maximum absolute atomic E-state index is 8.06. The van der Waals surface area contributed by atoms with Crippen molar-refractivity contribution in [3.63, 3.8) is 0 Å². The van der Waals surface area contributed by atoms with E-state index in [0.717, 1.165) is 5.56 Å². The summed E-state index contributed by atoms with van der Waals surface area (Å²) in [5.41, 5.74) is 1.07. The summed E-state index contributed by atoms with van der Waals surface area (Å²) >= 11 is 0. The van der Waals surface area contributed by atoms with E-state index in [2.05, 4.69) is 6.92 Å². The van der Waals surface area contributed by atoms with Gasteiger partial charge in [-0.1, -0.05) is 6.07 Å². The van der Waals surface area contributed by atoms with Crippen LogP contribution >= 0.6 is 24.8 Å². The number of benzene rings is 1. The third kappa shape index (κ3) is 22.8. The first-order chi connectivity index (χ1) is 5.13. The molecule has 0 fully saturated rings. The fourth-order valence-electron chi connectivity index (χ4n) is 0.478. The molecule has 0 aliphatic carbocycles. The molecule has 1 radical (unpaired) electrons. The summed E-state index contributed by atoms with van der Waals surface area (Å²) in [5.74, 6) is 0. The van der Waals surface area contributed by atoms with Crippen molar-refractivity contribution in [2.24, 2.45) is 0 Å². The number of halogens is 2. The Hall–Kier alpha value is 0.214. The van der Waals surface area contributed by atoms with Gasteiger partial charge in [-0.3, -0.25) is 0 Å². The molecule has 1 N–H and O–H groups in total. The van der Waals surface area contributed by atoms with E-state index in [1.165, 1.54) is 0 Å². The summed E-state index contributed by atoms with van der Waals surface area (Å²) in [7, 11) is 0. The maximum atomic E-state index is 8.06. The zero-order valence-electron chi connectivity index (χ0n) is 8.38. The summed E-state index contributed by atoms with van der Waals surface area (Å²) in [6.45, 7) is 7.16. The molecule has 1 aromatic rings. The zero-order chi connectivity index (χ0) is 8.69. The summed E-state index contributed by atoms with van der Waals surface area (Å²) in [5, 5.41) is 8.06. The fraction of sp³-hybridized carbons (Fsp3) is 0.300. The van der Waals surface area contributed by atoms with Gasteiger partial charge in [0.25, 0.3) is 0 Å². The topological polar surface area (TPSA) is 20.2 Å². The second-order valence-corrected chi connectivity index (χ2v) is 2.58. The van der Waals surface area contributed by atoms with E-state index in [1.807, 2.05) is 30.3 Å². The van der Waals surface area contributed by atoms with Crippen LogP contribution in [-0.4, -0.2) is 11.2 Å². The minimum Gasteiger partial charge on any atom is -0.394 e. The van der Waals surface area contributed by atoms with Crippen LogP contribution in [0, 0.1) is 6.92 Å². The van der Waals surface area contributed by atoms with E-state index in [0.29, 0.717) is 0 Å². The number of hydrogen-bond donors (Lipinski definition) is 1. The van der Waals surface area contributed by atoms with E-state index in [-0.39, 0.29) is 49.5 Å². The molecule has 1 rings (SSSR count). The van der Waals surface area contributed by atoms with Gasteiger partial charge in [-0.05, 0) is 13.8 Å². The molecule has 0 heterocycles. The number of hydrogen-bond acceptors (Lipinski definition) is 1. The molecule has 0 aromatic heterocycles. The van der Waals surface area contributed by atoms with E-state index in [1.54, 1.807) is 13.8 Å². The van der Waals surface area contributed by atoms with Gasteiger partial charge in [0.15, 0.2) is 0 Å². The van der Waals surface area contributed by atoms with Crippen LogP contribution in [0.4, 0.5) is 0 Å². The first-order valence-corrected chi connectivity index (χ1v) is 3.68. The average molecular weight is 275 g/mol. The quantitative estimate of drug-likeness (QED) is 0.721. The molecule has 14 heavy (non-hydrogen) atoms. The second kappa shape index (κ2) is 15.7. The van der Waals surface area contributed by atoms with E-state index < -0.39 is 0 Å². The Balaban J connectivity index is -0.0000000650. The normalized spacial score (nSPS) is 6.86. The van der Waals surface area contributed by atoms with Crippen LogP contribution in [0.25, 0.3) is 0 Å². The van der Waals surface area contributed by atoms with Crippen LogP contribution in [0.1, 0.15) is 19.4 Å². The smallest absolute Gasteiger partial charge is 0.0483 e. The van der Waals surface area contributed by atoms with Gasteiger partial charge in [0.1, 0.15) is 0 Å². The van der Waals surface area contributed by atoms with Crippen molar-refractivity contribution < 1.29 is 23.7 Å². The summed E-state index contributed by atoms with van der Waals surface area (Å²) in [6, 6.07) is 9.87. The molecule has 0 saturated heterocycles. The Kier molecular flexibility index (Phi) is 26.6. The molecular formula is C10H17Cl2OV-. The summed E-state index contributed by atoms with van der Waals surface area (Å²) < 4.78 is 0. The SMILES string of the molecule is CC(C)O.Cl.Cl.[CH2-]c1ccccc1.[V]. The number of aliphatic hydroxyl groups is 1. The Morgan fingerprint density at radius 2 is 1.36 bits per heavy atom. The number of rotatable bonds is 0. The predicted octanol–water partition coefficient (Wildman–Crippen LogP) is 3.10. The van der Waals surface area contributed by atoms with Crippen molar-refractivity contribution in [1.29, 1.82) is 0 Å². The fourth-order valence-corrected chi connectivity index (χ4v) is 0.478. The molecule has 0 aliphatic heterocycles. The van der Waals surface area contributed by atoms with Gasteiger partial charge in [0, 0.05) is 24.7 Å². The van der Waals surface area contributed by atoms with Crippen LogP contribution < -0.4 is 0 Å².